The number of para-hydroxylation sites is 1. The van der Waals surface area contributed by atoms with Crippen molar-refractivity contribution in [1.82, 2.24) is 4.90 Å². The van der Waals surface area contributed by atoms with Gasteiger partial charge in [0.1, 0.15) is 0 Å². The molecule has 4 heteroatoms. The predicted octanol–water partition coefficient (Wildman–Crippen LogP) is 4.51. The molecule has 3 nitrogen and oxygen atoms in total. The predicted molar refractivity (Wildman–Crippen MR) is 100.0 cm³/mol. The molecule has 1 amide bonds. The van der Waals surface area contributed by atoms with Crippen molar-refractivity contribution in [3.63, 3.8) is 0 Å². The Morgan fingerprint density at radius 3 is 2.64 bits per heavy atom. The molecule has 5 rings (SSSR count). The van der Waals surface area contributed by atoms with Crippen LogP contribution in [0.3, 0.4) is 0 Å². The zero-order valence-electron chi connectivity index (χ0n) is 14.1. The largest absolute Gasteiger partial charge is 0.364 e. The van der Waals surface area contributed by atoms with Crippen LogP contribution in [0.25, 0.3) is 0 Å². The number of carbonyl (C=O) groups is 1. The van der Waals surface area contributed by atoms with Gasteiger partial charge < -0.3 is 9.80 Å². The van der Waals surface area contributed by atoms with Gasteiger partial charge in [0.05, 0.1) is 12.1 Å². The van der Waals surface area contributed by atoms with Crippen LogP contribution in [0, 0.1) is 0 Å². The van der Waals surface area contributed by atoms with Gasteiger partial charge in [0.15, 0.2) is 0 Å². The quantitative estimate of drug-likeness (QED) is 0.793. The SMILES string of the molecule is O=C1CCCN1C1CC(c2cccc(Cl)c2)N2CCc3cccc1c32. The van der Waals surface area contributed by atoms with Gasteiger partial charge in [-0.25, -0.2) is 0 Å². The molecule has 0 saturated carbocycles. The summed E-state index contributed by atoms with van der Waals surface area (Å²) in [6.45, 7) is 1.93. The van der Waals surface area contributed by atoms with E-state index in [-0.39, 0.29) is 12.1 Å². The third-order valence-electron chi connectivity index (χ3n) is 5.96. The normalized spacial score (nSPS) is 24.8. The number of anilines is 1. The van der Waals surface area contributed by atoms with Gasteiger partial charge in [-0.3, -0.25) is 4.79 Å². The molecule has 1 saturated heterocycles. The number of benzene rings is 2. The first-order valence-corrected chi connectivity index (χ1v) is 9.53. The number of amides is 1. The summed E-state index contributed by atoms with van der Waals surface area (Å²) < 4.78 is 0. The molecule has 25 heavy (non-hydrogen) atoms. The highest BCUT2D eigenvalue weighted by atomic mass is 35.5. The topological polar surface area (TPSA) is 23.6 Å². The second kappa shape index (κ2) is 5.77. The first-order valence-electron chi connectivity index (χ1n) is 9.16. The van der Waals surface area contributed by atoms with E-state index in [2.05, 4.69) is 40.1 Å². The summed E-state index contributed by atoms with van der Waals surface area (Å²) in [5.74, 6) is 0.305. The molecule has 2 aromatic rings. The van der Waals surface area contributed by atoms with Gasteiger partial charge in [0, 0.05) is 30.2 Å². The highest BCUT2D eigenvalue weighted by Gasteiger charge is 2.41. The van der Waals surface area contributed by atoms with E-state index in [9.17, 15) is 4.79 Å². The van der Waals surface area contributed by atoms with Crippen LogP contribution in [0.2, 0.25) is 5.02 Å². The van der Waals surface area contributed by atoms with Gasteiger partial charge in [0.25, 0.3) is 0 Å². The van der Waals surface area contributed by atoms with Crippen LogP contribution in [0.15, 0.2) is 42.5 Å². The fraction of sp³-hybridized carbons (Fsp3) is 0.381. The van der Waals surface area contributed by atoms with Crippen molar-refractivity contribution in [2.24, 2.45) is 0 Å². The summed E-state index contributed by atoms with van der Waals surface area (Å²) in [6, 6.07) is 15.3. The van der Waals surface area contributed by atoms with Gasteiger partial charge in [-0.1, -0.05) is 41.9 Å². The van der Waals surface area contributed by atoms with E-state index in [1.807, 2.05) is 12.1 Å². The number of hydrogen-bond acceptors (Lipinski definition) is 2. The fourth-order valence-electron chi connectivity index (χ4n) is 4.89. The smallest absolute Gasteiger partial charge is 0.223 e. The summed E-state index contributed by atoms with van der Waals surface area (Å²) in [7, 11) is 0. The summed E-state index contributed by atoms with van der Waals surface area (Å²) in [6.07, 6.45) is 3.70. The van der Waals surface area contributed by atoms with Gasteiger partial charge in [-0.2, -0.15) is 0 Å². The van der Waals surface area contributed by atoms with Gasteiger partial charge in [0.2, 0.25) is 5.91 Å². The first-order chi connectivity index (χ1) is 12.2. The lowest BCUT2D eigenvalue weighted by atomic mass is 9.87. The molecule has 1 fully saturated rings. The van der Waals surface area contributed by atoms with Crippen molar-refractivity contribution in [3.05, 3.63) is 64.2 Å². The number of rotatable bonds is 2. The Balaban J connectivity index is 1.63. The Hall–Kier alpha value is -2.00. The van der Waals surface area contributed by atoms with Crippen molar-refractivity contribution in [2.75, 3.05) is 18.0 Å². The average Bonchev–Trinajstić information content (AvgIpc) is 3.23. The molecule has 0 radical (unpaired) electrons. The highest BCUT2D eigenvalue weighted by molar-refractivity contribution is 6.30. The molecule has 3 aliphatic rings. The van der Waals surface area contributed by atoms with Crippen molar-refractivity contribution in [1.29, 1.82) is 0 Å². The molecule has 2 atom stereocenters. The molecule has 128 valence electrons. The Morgan fingerprint density at radius 2 is 1.84 bits per heavy atom. The maximum Gasteiger partial charge on any atom is 0.223 e. The second-order valence-corrected chi connectivity index (χ2v) is 7.75. The number of carbonyl (C=O) groups excluding carboxylic acids is 1. The molecule has 0 aromatic heterocycles. The number of nitrogens with zero attached hydrogens (tertiary/aromatic N) is 2. The summed E-state index contributed by atoms with van der Waals surface area (Å²) in [5, 5.41) is 0.782. The van der Waals surface area contributed by atoms with E-state index in [1.54, 1.807) is 0 Å². The Morgan fingerprint density at radius 1 is 0.960 bits per heavy atom. The minimum Gasteiger partial charge on any atom is -0.364 e. The van der Waals surface area contributed by atoms with Crippen LogP contribution < -0.4 is 4.90 Å². The molecule has 0 N–H and O–H groups in total. The van der Waals surface area contributed by atoms with Crippen molar-refractivity contribution in [3.8, 4) is 0 Å². The third-order valence-corrected chi connectivity index (χ3v) is 6.20. The van der Waals surface area contributed by atoms with Gasteiger partial charge >= 0.3 is 0 Å². The Bertz CT molecular complexity index is 850. The Labute approximate surface area is 153 Å². The third kappa shape index (κ3) is 2.36. The van der Waals surface area contributed by atoms with Crippen molar-refractivity contribution < 1.29 is 4.79 Å². The Kier molecular flexibility index (Phi) is 3.53. The van der Waals surface area contributed by atoms with Crippen LogP contribution in [0.5, 0.6) is 0 Å². The average molecular weight is 353 g/mol. The maximum atomic E-state index is 12.5. The van der Waals surface area contributed by atoms with Gasteiger partial charge in [-0.15, -0.1) is 0 Å². The number of likely N-dealkylation sites (tertiary alicyclic amines) is 1. The molecule has 0 aliphatic carbocycles. The van der Waals surface area contributed by atoms with Crippen LogP contribution in [-0.2, 0) is 11.2 Å². The van der Waals surface area contributed by atoms with Crippen LogP contribution in [0.4, 0.5) is 5.69 Å². The van der Waals surface area contributed by atoms with E-state index in [4.69, 9.17) is 11.6 Å². The lowest BCUT2D eigenvalue weighted by Crippen LogP contribution is -2.39. The monoisotopic (exact) mass is 352 g/mol. The number of halogens is 1. The second-order valence-electron chi connectivity index (χ2n) is 7.31. The summed E-state index contributed by atoms with van der Waals surface area (Å²) in [5.41, 5.74) is 5.37. The van der Waals surface area contributed by atoms with E-state index >= 15 is 0 Å². The van der Waals surface area contributed by atoms with Crippen molar-refractivity contribution in [2.45, 2.75) is 37.8 Å². The zero-order valence-corrected chi connectivity index (χ0v) is 14.9. The molecule has 2 aromatic carbocycles. The lowest BCUT2D eigenvalue weighted by molar-refractivity contribution is -0.130. The lowest BCUT2D eigenvalue weighted by Gasteiger charge is -2.43. The van der Waals surface area contributed by atoms with Crippen molar-refractivity contribution >= 4 is 23.2 Å². The standard InChI is InChI=1S/C21H21ClN2O/c22-16-6-1-5-15(12-16)18-13-19(23-10-3-8-20(23)25)17-7-2-4-14-9-11-24(18)21(14)17/h1-2,4-7,12,18-19H,3,8-11,13H2. The highest BCUT2D eigenvalue weighted by Crippen LogP contribution is 2.50. The van der Waals surface area contributed by atoms with E-state index in [0.717, 1.165) is 37.4 Å². The molecule has 0 spiro atoms. The first kappa shape index (κ1) is 15.3. The molecule has 2 unspecified atom stereocenters. The van der Waals surface area contributed by atoms with E-state index < -0.39 is 0 Å². The fourth-order valence-corrected chi connectivity index (χ4v) is 5.08. The number of hydrogen-bond donors (Lipinski definition) is 0. The van der Waals surface area contributed by atoms with E-state index in [1.165, 1.54) is 22.4 Å². The van der Waals surface area contributed by atoms with Crippen LogP contribution in [0.1, 0.15) is 48.0 Å². The molecular formula is C21H21ClN2O. The summed E-state index contributed by atoms with van der Waals surface area (Å²) >= 11 is 6.27. The zero-order chi connectivity index (χ0) is 17.0. The maximum absolute atomic E-state index is 12.5. The van der Waals surface area contributed by atoms with Gasteiger partial charge in [-0.05, 0) is 48.1 Å². The minimum absolute atomic E-state index is 0.184. The molecule has 0 bridgehead atoms. The minimum atomic E-state index is 0.184. The molecule has 3 heterocycles. The van der Waals surface area contributed by atoms with E-state index in [0.29, 0.717) is 12.3 Å². The summed E-state index contributed by atoms with van der Waals surface area (Å²) in [4.78, 5) is 17.1. The molecular weight excluding hydrogens is 332 g/mol. The van der Waals surface area contributed by atoms with Crippen LogP contribution in [-0.4, -0.2) is 23.9 Å². The molecule has 3 aliphatic heterocycles. The van der Waals surface area contributed by atoms with Crippen LogP contribution >= 0.6 is 11.6 Å².